The van der Waals surface area contributed by atoms with Crippen LogP contribution in [0, 0.1) is 5.92 Å². The lowest BCUT2D eigenvalue weighted by atomic mass is 9.97. The molecule has 6 heteroatoms. The first-order valence-electron chi connectivity index (χ1n) is 6.85. The highest BCUT2D eigenvalue weighted by Crippen LogP contribution is 2.22. The number of aromatic nitrogens is 2. The maximum atomic E-state index is 9.72. The van der Waals surface area contributed by atoms with Crippen LogP contribution in [0.2, 0.25) is 0 Å². The van der Waals surface area contributed by atoms with Crippen molar-refractivity contribution in [2.75, 3.05) is 18.0 Å². The summed E-state index contributed by atoms with van der Waals surface area (Å²) < 4.78 is 5.66. The van der Waals surface area contributed by atoms with Crippen molar-refractivity contribution in [3.8, 4) is 0 Å². The SMILES string of the molecule is CC1CN(c2nnc(CNC(C)(C)C)o2)CCC1O. The fraction of sp³-hybridized carbons (Fsp3) is 0.846. The van der Waals surface area contributed by atoms with Crippen LogP contribution in [0.5, 0.6) is 0 Å². The number of rotatable bonds is 3. The average Bonchev–Trinajstić information content (AvgIpc) is 2.78. The van der Waals surface area contributed by atoms with Gasteiger partial charge in [0.05, 0.1) is 12.6 Å². The summed E-state index contributed by atoms with van der Waals surface area (Å²) in [5.41, 5.74) is 0.0262. The fourth-order valence-electron chi connectivity index (χ4n) is 2.09. The predicted octanol–water partition coefficient (Wildman–Crippen LogP) is 1.16. The van der Waals surface area contributed by atoms with E-state index in [1.165, 1.54) is 0 Å². The number of hydrogen-bond acceptors (Lipinski definition) is 6. The zero-order valence-corrected chi connectivity index (χ0v) is 12.2. The maximum absolute atomic E-state index is 9.72. The highest BCUT2D eigenvalue weighted by molar-refractivity contribution is 5.25. The summed E-state index contributed by atoms with van der Waals surface area (Å²) in [4.78, 5) is 2.05. The molecule has 2 atom stereocenters. The van der Waals surface area contributed by atoms with E-state index in [0.717, 1.165) is 19.5 Å². The standard InChI is InChI=1S/C13H24N4O2/c1-9-8-17(6-5-10(9)18)12-16-15-11(19-12)7-14-13(2,3)4/h9-10,14,18H,5-8H2,1-4H3. The third-order valence-electron chi connectivity index (χ3n) is 3.36. The van der Waals surface area contributed by atoms with Crippen LogP contribution in [0.3, 0.4) is 0 Å². The zero-order chi connectivity index (χ0) is 14.0. The highest BCUT2D eigenvalue weighted by Gasteiger charge is 2.27. The molecule has 2 rings (SSSR count). The molecule has 19 heavy (non-hydrogen) atoms. The Morgan fingerprint density at radius 1 is 1.42 bits per heavy atom. The summed E-state index contributed by atoms with van der Waals surface area (Å²) in [5.74, 6) is 0.834. The Morgan fingerprint density at radius 2 is 2.16 bits per heavy atom. The van der Waals surface area contributed by atoms with E-state index >= 15 is 0 Å². The van der Waals surface area contributed by atoms with E-state index in [4.69, 9.17) is 4.42 Å². The minimum Gasteiger partial charge on any atom is -0.407 e. The third-order valence-corrected chi connectivity index (χ3v) is 3.36. The smallest absolute Gasteiger partial charge is 0.318 e. The summed E-state index contributed by atoms with van der Waals surface area (Å²) in [6.07, 6.45) is 0.528. The Morgan fingerprint density at radius 3 is 2.79 bits per heavy atom. The van der Waals surface area contributed by atoms with E-state index in [0.29, 0.717) is 18.5 Å². The molecule has 1 aromatic heterocycles. The van der Waals surface area contributed by atoms with Crippen molar-refractivity contribution < 1.29 is 9.52 Å². The van der Waals surface area contributed by atoms with Gasteiger partial charge in [0.25, 0.3) is 0 Å². The summed E-state index contributed by atoms with van der Waals surface area (Å²) in [5, 5.41) is 21.2. The first-order chi connectivity index (χ1) is 8.85. The Bertz CT molecular complexity index is 413. The Labute approximate surface area is 114 Å². The van der Waals surface area contributed by atoms with Gasteiger partial charge in [-0.25, -0.2) is 0 Å². The van der Waals surface area contributed by atoms with Gasteiger partial charge in [-0.1, -0.05) is 12.0 Å². The van der Waals surface area contributed by atoms with E-state index < -0.39 is 0 Å². The molecule has 2 heterocycles. The number of aliphatic hydroxyl groups excluding tert-OH is 1. The quantitative estimate of drug-likeness (QED) is 0.857. The maximum Gasteiger partial charge on any atom is 0.318 e. The van der Waals surface area contributed by atoms with Crippen molar-refractivity contribution in [3.63, 3.8) is 0 Å². The van der Waals surface area contributed by atoms with Crippen LogP contribution in [-0.2, 0) is 6.54 Å². The molecule has 1 aliphatic rings. The van der Waals surface area contributed by atoms with Crippen LogP contribution in [0.25, 0.3) is 0 Å². The molecule has 0 aliphatic carbocycles. The van der Waals surface area contributed by atoms with E-state index in [1.807, 2.05) is 11.8 Å². The number of piperidine rings is 1. The van der Waals surface area contributed by atoms with Gasteiger partial charge in [-0.3, -0.25) is 0 Å². The first kappa shape index (κ1) is 14.3. The van der Waals surface area contributed by atoms with Gasteiger partial charge in [0.1, 0.15) is 0 Å². The van der Waals surface area contributed by atoms with Crippen molar-refractivity contribution >= 4 is 6.01 Å². The number of nitrogens with zero attached hydrogens (tertiary/aromatic N) is 3. The lowest BCUT2D eigenvalue weighted by molar-refractivity contribution is 0.0955. The molecular weight excluding hydrogens is 244 g/mol. The zero-order valence-electron chi connectivity index (χ0n) is 12.2. The summed E-state index contributed by atoms with van der Waals surface area (Å²) in [6.45, 7) is 10.4. The van der Waals surface area contributed by atoms with Gasteiger partial charge < -0.3 is 19.7 Å². The second kappa shape index (κ2) is 5.46. The van der Waals surface area contributed by atoms with E-state index in [1.54, 1.807) is 0 Å². The molecule has 2 N–H and O–H groups in total. The Balaban J connectivity index is 1.93. The van der Waals surface area contributed by atoms with Crippen LogP contribution in [0.15, 0.2) is 4.42 Å². The summed E-state index contributed by atoms with van der Waals surface area (Å²) >= 11 is 0. The van der Waals surface area contributed by atoms with E-state index in [-0.39, 0.29) is 17.6 Å². The topological polar surface area (TPSA) is 74.4 Å². The molecule has 0 spiro atoms. The first-order valence-corrected chi connectivity index (χ1v) is 6.85. The normalized spacial score (nSPS) is 24.8. The molecule has 0 saturated carbocycles. The Hall–Kier alpha value is -1.14. The number of anilines is 1. The van der Waals surface area contributed by atoms with Gasteiger partial charge >= 0.3 is 6.01 Å². The minimum absolute atomic E-state index is 0.0262. The second-order valence-corrected chi connectivity index (χ2v) is 6.36. The predicted molar refractivity (Wildman–Crippen MR) is 72.9 cm³/mol. The molecule has 0 amide bonds. The molecule has 0 aromatic carbocycles. The van der Waals surface area contributed by atoms with Gasteiger partial charge in [-0.2, -0.15) is 0 Å². The molecule has 1 aromatic rings. The van der Waals surface area contributed by atoms with E-state index in [9.17, 15) is 5.11 Å². The monoisotopic (exact) mass is 268 g/mol. The summed E-state index contributed by atoms with van der Waals surface area (Å²) in [7, 11) is 0. The fourth-order valence-corrected chi connectivity index (χ4v) is 2.09. The number of aliphatic hydroxyl groups is 1. The van der Waals surface area contributed by atoms with Crippen LogP contribution in [0.1, 0.15) is 40.0 Å². The molecular formula is C13H24N4O2. The van der Waals surface area contributed by atoms with Crippen molar-refractivity contribution in [1.29, 1.82) is 0 Å². The molecule has 0 radical (unpaired) electrons. The van der Waals surface area contributed by atoms with Crippen molar-refractivity contribution in [1.82, 2.24) is 15.5 Å². The van der Waals surface area contributed by atoms with Crippen LogP contribution < -0.4 is 10.2 Å². The molecule has 6 nitrogen and oxygen atoms in total. The number of nitrogens with one attached hydrogen (secondary N) is 1. The van der Waals surface area contributed by atoms with Crippen LogP contribution in [0.4, 0.5) is 6.01 Å². The molecule has 2 unspecified atom stereocenters. The van der Waals surface area contributed by atoms with Gasteiger partial charge in [0.15, 0.2) is 0 Å². The van der Waals surface area contributed by atoms with Crippen LogP contribution in [-0.4, -0.2) is 40.0 Å². The molecule has 0 bridgehead atoms. The summed E-state index contributed by atoms with van der Waals surface area (Å²) in [6, 6.07) is 0.560. The van der Waals surface area contributed by atoms with Crippen molar-refractivity contribution in [2.45, 2.75) is 52.3 Å². The largest absolute Gasteiger partial charge is 0.407 e. The van der Waals surface area contributed by atoms with E-state index in [2.05, 4.69) is 36.3 Å². The molecule has 1 saturated heterocycles. The molecule has 1 fully saturated rings. The van der Waals surface area contributed by atoms with Gasteiger partial charge in [-0.05, 0) is 33.1 Å². The lowest BCUT2D eigenvalue weighted by Gasteiger charge is -2.32. The van der Waals surface area contributed by atoms with Crippen molar-refractivity contribution in [3.05, 3.63) is 5.89 Å². The van der Waals surface area contributed by atoms with Gasteiger partial charge in [0.2, 0.25) is 5.89 Å². The van der Waals surface area contributed by atoms with Crippen molar-refractivity contribution in [2.24, 2.45) is 5.92 Å². The van der Waals surface area contributed by atoms with Crippen LogP contribution >= 0.6 is 0 Å². The second-order valence-electron chi connectivity index (χ2n) is 6.36. The highest BCUT2D eigenvalue weighted by atomic mass is 16.4. The average molecular weight is 268 g/mol. The minimum atomic E-state index is -0.221. The third kappa shape index (κ3) is 3.91. The van der Waals surface area contributed by atoms with Gasteiger partial charge in [0, 0.05) is 18.6 Å². The Kier molecular flexibility index (Phi) is 4.10. The molecule has 108 valence electrons. The number of hydrogen-bond donors (Lipinski definition) is 2. The molecule has 1 aliphatic heterocycles. The lowest BCUT2D eigenvalue weighted by Crippen LogP contribution is -2.42. The van der Waals surface area contributed by atoms with Gasteiger partial charge in [-0.15, -0.1) is 5.10 Å².